The fraction of sp³-hybridized carbons (Fsp3) is 0.667. The molecule has 5 heteroatoms. The van der Waals surface area contributed by atoms with Crippen LogP contribution in [0.15, 0.2) is 15.9 Å². The van der Waals surface area contributed by atoms with E-state index in [1.54, 1.807) is 11.3 Å². The van der Waals surface area contributed by atoms with Gasteiger partial charge in [-0.2, -0.15) is 0 Å². The van der Waals surface area contributed by atoms with E-state index in [1.165, 1.54) is 8.66 Å². The van der Waals surface area contributed by atoms with Gasteiger partial charge >= 0.3 is 0 Å². The van der Waals surface area contributed by atoms with Gasteiger partial charge in [0.2, 0.25) is 0 Å². The molecule has 2 unspecified atom stereocenters. The summed E-state index contributed by atoms with van der Waals surface area (Å²) < 4.78 is 6.59. The maximum absolute atomic E-state index is 6.30. The lowest BCUT2D eigenvalue weighted by Gasteiger charge is -2.37. The molecule has 1 fully saturated rings. The average Bonchev–Trinajstić information content (AvgIpc) is 2.77. The van der Waals surface area contributed by atoms with Gasteiger partial charge in [-0.1, -0.05) is 6.92 Å². The molecule has 1 aliphatic heterocycles. The smallest absolute Gasteiger partial charge is 0.0702 e. The molecule has 0 saturated carbocycles. The number of hydrogen-bond acceptors (Lipinski definition) is 4. The van der Waals surface area contributed by atoms with Crippen molar-refractivity contribution in [3.8, 4) is 0 Å². The van der Waals surface area contributed by atoms with Crippen LogP contribution >= 0.6 is 27.3 Å². The molecule has 0 aliphatic carbocycles. The predicted octanol–water partition coefficient (Wildman–Crippen LogP) is 2.62. The lowest BCUT2D eigenvalue weighted by atomic mass is 10.0. The van der Waals surface area contributed by atoms with Gasteiger partial charge in [0.1, 0.15) is 0 Å². The summed E-state index contributed by atoms with van der Waals surface area (Å²) in [6, 6.07) is 4.82. The standard InChI is InChI=1S/C12H19BrN2OS/c1-2-9(14)12(10-3-4-11(13)17-10)15-5-7-16-8-6-15/h3-4,9,12H,2,5-8,14H2,1H3. The number of thiophene rings is 1. The highest BCUT2D eigenvalue weighted by Gasteiger charge is 2.28. The van der Waals surface area contributed by atoms with E-state index >= 15 is 0 Å². The maximum Gasteiger partial charge on any atom is 0.0702 e. The van der Waals surface area contributed by atoms with Gasteiger partial charge < -0.3 is 10.5 Å². The van der Waals surface area contributed by atoms with Crippen LogP contribution in [0, 0.1) is 0 Å². The number of nitrogens with zero attached hydrogens (tertiary/aromatic N) is 1. The third kappa shape index (κ3) is 3.29. The highest BCUT2D eigenvalue weighted by molar-refractivity contribution is 9.11. The normalized spacial score (nSPS) is 21.4. The zero-order valence-corrected chi connectivity index (χ0v) is 12.5. The Balaban J connectivity index is 2.17. The zero-order chi connectivity index (χ0) is 12.3. The van der Waals surface area contributed by atoms with Crippen molar-refractivity contribution in [1.82, 2.24) is 4.90 Å². The van der Waals surface area contributed by atoms with Crippen LogP contribution in [0.4, 0.5) is 0 Å². The van der Waals surface area contributed by atoms with Gasteiger partial charge in [-0.3, -0.25) is 4.90 Å². The first kappa shape index (κ1) is 13.5. The van der Waals surface area contributed by atoms with Crippen LogP contribution < -0.4 is 5.73 Å². The molecule has 2 rings (SSSR count). The molecule has 2 N–H and O–H groups in total. The Morgan fingerprint density at radius 2 is 2.18 bits per heavy atom. The minimum atomic E-state index is 0.193. The van der Waals surface area contributed by atoms with Crippen LogP contribution in [0.1, 0.15) is 24.3 Å². The molecule has 1 aliphatic rings. The van der Waals surface area contributed by atoms with Gasteiger partial charge in [-0.15, -0.1) is 11.3 Å². The van der Waals surface area contributed by atoms with Gasteiger partial charge in [0.25, 0.3) is 0 Å². The minimum absolute atomic E-state index is 0.193. The molecule has 1 aromatic heterocycles. The fourth-order valence-corrected chi connectivity index (χ4v) is 3.86. The first-order chi connectivity index (χ1) is 8.22. The van der Waals surface area contributed by atoms with E-state index in [0.717, 1.165) is 32.7 Å². The molecule has 1 saturated heterocycles. The summed E-state index contributed by atoms with van der Waals surface area (Å²) in [5.41, 5.74) is 6.30. The van der Waals surface area contributed by atoms with Crippen LogP contribution in [0.25, 0.3) is 0 Å². The number of morpholine rings is 1. The Labute approximate surface area is 115 Å². The molecular formula is C12H19BrN2OS. The summed E-state index contributed by atoms with van der Waals surface area (Å²) in [4.78, 5) is 3.81. The summed E-state index contributed by atoms with van der Waals surface area (Å²) in [5, 5.41) is 0. The van der Waals surface area contributed by atoms with Crippen molar-refractivity contribution in [3.63, 3.8) is 0 Å². The molecular weight excluding hydrogens is 300 g/mol. The van der Waals surface area contributed by atoms with Crippen molar-refractivity contribution in [2.75, 3.05) is 26.3 Å². The molecule has 0 spiro atoms. The fourth-order valence-electron chi connectivity index (χ4n) is 2.23. The van der Waals surface area contributed by atoms with Crippen molar-refractivity contribution in [3.05, 3.63) is 20.8 Å². The van der Waals surface area contributed by atoms with E-state index in [2.05, 4.69) is 39.9 Å². The summed E-state index contributed by atoms with van der Waals surface area (Å²) in [7, 11) is 0. The van der Waals surface area contributed by atoms with Gasteiger partial charge in [0.05, 0.1) is 23.0 Å². The van der Waals surface area contributed by atoms with Gasteiger partial charge in [-0.25, -0.2) is 0 Å². The van der Waals surface area contributed by atoms with Crippen molar-refractivity contribution < 1.29 is 4.74 Å². The summed E-state index contributed by atoms with van der Waals surface area (Å²) in [6.07, 6.45) is 0.998. The number of hydrogen-bond donors (Lipinski definition) is 1. The SMILES string of the molecule is CCC(N)C(c1ccc(Br)s1)N1CCOCC1. The molecule has 0 radical (unpaired) electrons. The number of halogens is 1. The van der Waals surface area contributed by atoms with E-state index in [0.29, 0.717) is 6.04 Å². The summed E-state index contributed by atoms with van der Waals surface area (Å²) in [6.45, 7) is 5.75. The van der Waals surface area contributed by atoms with Crippen LogP contribution in [0.5, 0.6) is 0 Å². The Morgan fingerprint density at radius 1 is 1.47 bits per heavy atom. The van der Waals surface area contributed by atoms with Crippen molar-refractivity contribution >= 4 is 27.3 Å². The highest BCUT2D eigenvalue weighted by Crippen LogP contribution is 2.33. The lowest BCUT2D eigenvalue weighted by Crippen LogP contribution is -2.45. The van der Waals surface area contributed by atoms with E-state index in [1.807, 2.05) is 0 Å². The highest BCUT2D eigenvalue weighted by atomic mass is 79.9. The average molecular weight is 319 g/mol. The molecule has 1 aromatic rings. The molecule has 0 aromatic carbocycles. The van der Waals surface area contributed by atoms with Crippen LogP contribution in [0.2, 0.25) is 0 Å². The topological polar surface area (TPSA) is 38.5 Å². The second-order valence-corrected chi connectivity index (χ2v) is 6.80. The minimum Gasteiger partial charge on any atom is -0.379 e. The third-order valence-electron chi connectivity index (χ3n) is 3.20. The van der Waals surface area contributed by atoms with Crippen molar-refractivity contribution in [2.24, 2.45) is 5.73 Å². The van der Waals surface area contributed by atoms with Crippen LogP contribution in [-0.2, 0) is 4.74 Å². The number of rotatable bonds is 4. The monoisotopic (exact) mass is 318 g/mol. The lowest BCUT2D eigenvalue weighted by molar-refractivity contribution is 0.0109. The Bertz CT molecular complexity index is 352. The first-order valence-corrected chi connectivity index (χ1v) is 7.66. The van der Waals surface area contributed by atoms with Crippen LogP contribution in [-0.4, -0.2) is 37.2 Å². The van der Waals surface area contributed by atoms with E-state index in [-0.39, 0.29) is 6.04 Å². The van der Waals surface area contributed by atoms with E-state index < -0.39 is 0 Å². The first-order valence-electron chi connectivity index (χ1n) is 6.05. The molecule has 3 nitrogen and oxygen atoms in total. The zero-order valence-electron chi connectivity index (χ0n) is 10.1. The van der Waals surface area contributed by atoms with Crippen LogP contribution in [0.3, 0.4) is 0 Å². The Kier molecular flexibility index (Phi) is 4.99. The second kappa shape index (κ2) is 6.29. The number of ether oxygens (including phenoxy) is 1. The third-order valence-corrected chi connectivity index (χ3v) is 4.90. The molecule has 0 amide bonds. The quantitative estimate of drug-likeness (QED) is 0.927. The van der Waals surface area contributed by atoms with E-state index in [4.69, 9.17) is 10.5 Å². The van der Waals surface area contributed by atoms with Crippen molar-refractivity contribution in [1.29, 1.82) is 0 Å². The second-order valence-electron chi connectivity index (χ2n) is 4.31. The van der Waals surface area contributed by atoms with Gasteiger partial charge in [0, 0.05) is 24.0 Å². The van der Waals surface area contributed by atoms with Gasteiger partial charge in [-0.05, 0) is 34.5 Å². The summed E-state index contributed by atoms with van der Waals surface area (Å²) >= 11 is 5.32. The molecule has 2 atom stereocenters. The predicted molar refractivity (Wildman–Crippen MR) is 75.4 cm³/mol. The van der Waals surface area contributed by atoms with Gasteiger partial charge in [0.15, 0.2) is 0 Å². The molecule has 2 heterocycles. The molecule has 0 bridgehead atoms. The molecule has 17 heavy (non-hydrogen) atoms. The summed E-state index contributed by atoms with van der Waals surface area (Å²) in [5.74, 6) is 0. The van der Waals surface area contributed by atoms with E-state index in [9.17, 15) is 0 Å². The Hall–Kier alpha value is 0.0600. The number of nitrogens with two attached hydrogens (primary N) is 1. The molecule has 96 valence electrons. The van der Waals surface area contributed by atoms with Crippen molar-refractivity contribution in [2.45, 2.75) is 25.4 Å². The largest absolute Gasteiger partial charge is 0.379 e. The maximum atomic E-state index is 6.30. The Morgan fingerprint density at radius 3 is 2.71 bits per heavy atom.